The van der Waals surface area contributed by atoms with Gasteiger partial charge in [0.05, 0.1) is 41.9 Å². The lowest BCUT2D eigenvalue weighted by molar-refractivity contribution is -0.385. The summed E-state index contributed by atoms with van der Waals surface area (Å²) in [6.07, 6.45) is 0. The number of nitro benzene ring substituents is 1. The standard InChI is InChI=1S/C24H18N4O5S2/c1-11-8-9-15-17(10-11)35-24(26-15)27-19(14-6-4-5-7-16(14)28(32)33)18(21(30)23(27)31)20(29)22-12(2)25-13(3)34-22/h4-10,19,30H,1-3H3. The van der Waals surface area contributed by atoms with Crippen LogP contribution in [0.5, 0.6) is 0 Å². The van der Waals surface area contributed by atoms with E-state index >= 15 is 0 Å². The van der Waals surface area contributed by atoms with Crippen LogP contribution in [0.3, 0.4) is 0 Å². The SMILES string of the molecule is Cc1ccc2nc(N3C(=O)C(O)=C(C(=O)c4sc(C)nc4C)C3c3ccccc3[N+](=O)[O-])sc2c1. The summed E-state index contributed by atoms with van der Waals surface area (Å²) in [7, 11) is 0. The van der Waals surface area contributed by atoms with E-state index in [4.69, 9.17) is 0 Å². The summed E-state index contributed by atoms with van der Waals surface area (Å²) in [6, 6.07) is 10.3. The molecule has 0 aliphatic carbocycles. The summed E-state index contributed by atoms with van der Waals surface area (Å²) in [5, 5.41) is 23.7. The molecular formula is C24H18N4O5S2. The molecule has 4 aromatic rings. The number of rotatable bonds is 5. The Labute approximate surface area is 207 Å². The molecule has 2 aromatic heterocycles. The van der Waals surface area contributed by atoms with Crippen LogP contribution in [0.4, 0.5) is 10.8 Å². The molecule has 0 spiro atoms. The molecule has 1 unspecified atom stereocenters. The van der Waals surface area contributed by atoms with Crippen LogP contribution in [0.1, 0.15) is 37.5 Å². The maximum absolute atomic E-state index is 13.7. The second kappa shape index (κ2) is 8.36. The maximum Gasteiger partial charge on any atom is 0.296 e. The summed E-state index contributed by atoms with van der Waals surface area (Å²) >= 11 is 2.35. The normalized spacial score (nSPS) is 15.9. The molecular weight excluding hydrogens is 488 g/mol. The minimum Gasteiger partial charge on any atom is -0.503 e. The second-order valence-electron chi connectivity index (χ2n) is 8.10. The highest BCUT2D eigenvalue weighted by molar-refractivity contribution is 7.22. The fraction of sp³-hybridized carbons (Fsp3) is 0.167. The van der Waals surface area contributed by atoms with Gasteiger partial charge in [-0.2, -0.15) is 0 Å². The lowest BCUT2D eigenvalue weighted by atomic mass is 9.94. The van der Waals surface area contributed by atoms with Gasteiger partial charge in [-0.05, 0) is 44.5 Å². The number of hydrogen-bond acceptors (Lipinski definition) is 9. The van der Waals surface area contributed by atoms with Crippen LogP contribution < -0.4 is 4.90 Å². The van der Waals surface area contributed by atoms with Crippen molar-refractivity contribution in [3.63, 3.8) is 0 Å². The van der Waals surface area contributed by atoms with Crippen LogP contribution in [0, 0.1) is 30.9 Å². The average Bonchev–Trinajstić information content (AvgIpc) is 3.46. The van der Waals surface area contributed by atoms with Gasteiger partial charge >= 0.3 is 0 Å². The van der Waals surface area contributed by atoms with Gasteiger partial charge in [0.25, 0.3) is 11.6 Å². The molecule has 1 amide bonds. The van der Waals surface area contributed by atoms with Gasteiger partial charge in [-0.3, -0.25) is 24.6 Å². The third-order valence-corrected chi connectivity index (χ3v) is 7.82. The predicted octanol–water partition coefficient (Wildman–Crippen LogP) is 5.37. The van der Waals surface area contributed by atoms with Crippen molar-refractivity contribution in [3.05, 3.63) is 90.6 Å². The number of hydrogen-bond donors (Lipinski definition) is 1. The van der Waals surface area contributed by atoms with E-state index in [1.54, 1.807) is 19.9 Å². The van der Waals surface area contributed by atoms with E-state index in [1.165, 1.54) is 34.4 Å². The van der Waals surface area contributed by atoms with Crippen molar-refractivity contribution in [3.8, 4) is 0 Å². The van der Waals surface area contributed by atoms with Crippen molar-refractivity contribution in [1.82, 2.24) is 9.97 Å². The number of aryl methyl sites for hydroxylation is 3. The van der Waals surface area contributed by atoms with Gasteiger partial charge in [-0.25, -0.2) is 9.97 Å². The third-order valence-electron chi connectivity index (χ3n) is 5.73. The number of carbonyl (C=O) groups excluding carboxylic acids is 2. The molecule has 5 rings (SSSR count). The number of aromatic nitrogens is 2. The Morgan fingerprint density at radius 2 is 1.86 bits per heavy atom. The van der Waals surface area contributed by atoms with Gasteiger partial charge < -0.3 is 5.11 Å². The molecule has 0 bridgehead atoms. The van der Waals surface area contributed by atoms with E-state index in [2.05, 4.69) is 9.97 Å². The number of anilines is 1. The van der Waals surface area contributed by atoms with E-state index in [0.29, 0.717) is 16.2 Å². The summed E-state index contributed by atoms with van der Waals surface area (Å²) in [5.74, 6) is -2.19. The molecule has 0 saturated heterocycles. The van der Waals surface area contributed by atoms with Gasteiger partial charge in [0.2, 0.25) is 5.78 Å². The Hall–Kier alpha value is -3.96. The number of aliphatic hydroxyl groups excluding tert-OH is 1. The average molecular weight is 507 g/mol. The largest absolute Gasteiger partial charge is 0.503 e. The number of aliphatic hydroxyl groups is 1. The number of fused-ring (bicyclic) bond motifs is 1. The van der Waals surface area contributed by atoms with Gasteiger partial charge in [-0.15, -0.1) is 11.3 Å². The van der Waals surface area contributed by atoms with E-state index in [0.717, 1.165) is 21.6 Å². The Balaban J connectivity index is 1.74. The highest BCUT2D eigenvalue weighted by atomic mass is 32.1. The molecule has 3 heterocycles. The van der Waals surface area contributed by atoms with Crippen LogP contribution in [0.15, 0.2) is 53.8 Å². The number of carbonyl (C=O) groups is 2. The van der Waals surface area contributed by atoms with E-state index < -0.39 is 28.4 Å². The van der Waals surface area contributed by atoms with Crippen molar-refractivity contribution in [1.29, 1.82) is 0 Å². The first-order chi connectivity index (χ1) is 16.7. The predicted molar refractivity (Wildman–Crippen MR) is 133 cm³/mol. The number of ketones is 1. The number of amides is 1. The number of Topliss-reactive ketones (excluding diaryl/α,β-unsaturated/α-hetero) is 1. The van der Waals surface area contributed by atoms with Crippen LogP contribution in [0.2, 0.25) is 0 Å². The van der Waals surface area contributed by atoms with Crippen molar-refractivity contribution in [2.24, 2.45) is 0 Å². The lowest BCUT2D eigenvalue weighted by Crippen LogP contribution is -2.31. The first kappa shape index (κ1) is 22.8. The number of para-hydroxylation sites is 1. The number of nitrogens with zero attached hydrogens (tertiary/aromatic N) is 4. The van der Waals surface area contributed by atoms with Crippen molar-refractivity contribution < 1.29 is 19.6 Å². The Morgan fingerprint density at radius 1 is 1.11 bits per heavy atom. The van der Waals surface area contributed by atoms with Crippen LogP contribution in [-0.4, -0.2) is 31.7 Å². The fourth-order valence-corrected chi connectivity index (χ4v) is 6.17. The maximum atomic E-state index is 13.7. The highest BCUT2D eigenvalue weighted by Gasteiger charge is 2.48. The third kappa shape index (κ3) is 3.69. The number of nitro groups is 1. The van der Waals surface area contributed by atoms with Gasteiger partial charge in [0, 0.05) is 6.07 Å². The van der Waals surface area contributed by atoms with Gasteiger partial charge in [0.1, 0.15) is 6.04 Å². The second-order valence-corrected chi connectivity index (χ2v) is 10.3. The Bertz CT molecular complexity index is 1590. The molecule has 9 nitrogen and oxygen atoms in total. The molecule has 1 aliphatic heterocycles. The van der Waals surface area contributed by atoms with Crippen LogP contribution in [0.25, 0.3) is 10.2 Å². The minimum atomic E-state index is -1.24. The fourth-order valence-electron chi connectivity index (χ4n) is 4.20. The molecule has 11 heteroatoms. The Kier molecular flexibility index (Phi) is 5.45. The van der Waals surface area contributed by atoms with Crippen molar-refractivity contribution >= 4 is 55.4 Å². The van der Waals surface area contributed by atoms with E-state index in [9.17, 15) is 24.8 Å². The molecule has 2 aromatic carbocycles. The zero-order valence-electron chi connectivity index (χ0n) is 18.8. The van der Waals surface area contributed by atoms with Crippen molar-refractivity contribution in [2.75, 3.05) is 4.90 Å². The first-order valence-electron chi connectivity index (χ1n) is 10.5. The molecule has 1 N–H and O–H groups in total. The minimum absolute atomic E-state index is 0.104. The van der Waals surface area contributed by atoms with Crippen LogP contribution in [-0.2, 0) is 4.79 Å². The first-order valence-corrected chi connectivity index (χ1v) is 12.2. The molecule has 1 atom stereocenters. The zero-order chi connectivity index (χ0) is 25.0. The van der Waals surface area contributed by atoms with E-state index in [-0.39, 0.29) is 26.8 Å². The Morgan fingerprint density at radius 3 is 2.54 bits per heavy atom. The summed E-state index contributed by atoms with van der Waals surface area (Å²) < 4.78 is 0.808. The molecule has 35 heavy (non-hydrogen) atoms. The molecule has 0 fully saturated rings. The summed E-state index contributed by atoms with van der Waals surface area (Å²) in [4.78, 5) is 48.7. The van der Waals surface area contributed by atoms with Crippen molar-refractivity contribution in [2.45, 2.75) is 26.8 Å². The molecule has 0 saturated carbocycles. The lowest BCUT2D eigenvalue weighted by Gasteiger charge is -2.24. The van der Waals surface area contributed by atoms with E-state index in [1.807, 2.05) is 25.1 Å². The summed E-state index contributed by atoms with van der Waals surface area (Å²) in [5.41, 5.74) is 1.70. The quantitative estimate of drug-likeness (QED) is 0.219. The smallest absolute Gasteiger partial charge is 0.296 e. The highest BCUT2D eigenvalue weighted by Crippen LogP contribution is 2.46. The zero-order valence-corrected chi connectivity index (χ0v) is 20.4. The van der Waals surface area contributed by atoms with Crippen LogP contribution >= 0.6 is 22.7 Å². The monoisotopic (exact) mass is 506 g/mol. The number of benzene rings is 2. The summed E-state index contributed by atoms with van der Waals surface area (Å²) in [6.45, 7) is 5.34. The molecule has 0 radical (unpaired) electrons. The van der Waals surface area contributed by atoms with Gasteiger partial charge in [-0.1, -0.05) is 29.5 Å². The molecule has 176 valence electrons. The number of thiazole rings is 2. The topological polar surface area (TPSA) is 127 Å². The van der Waals surface area contributed by atoms with Gasteiger partial charge in [0.15, 0.2) is 10.9 Å². The molecule has 1 aliphatic rings.